The number of ether oxygens (including phenoxy) is 1. The van der Waals surface area contributed by atoms with Crippen LogP contribution in [-0.4, -0.2) is 39.7 Å². The molecule has 3 aromatic rings. The molecule has 1 aliphatic rings. The minimum absolute atomic E-state index is 0.0418. The molecule has 0 unspecified atom stereocenters. The van der Waals surface area contributed by atoms with E-state index in [9.17, 15) is 21.6 Å². The van der Waals surface area contributed by atoms with Crippen LogP contribution < -0.4 is 10.6 Å². The molecule has 1 aromatic heterocycles. The zero-order chi connectivity index (χ0) is 24.5. The molecule has 1 saturated heterocycles. The van der Waals surface area contributed by atoms with Crippen molar-refractivity contribution in [3.05, 3.63) is 71.7 Å². The van der Waals surface area contributed by atoms with Crippen molar-refractivity contribution in [2.24, 2.45) is 0 Å². The number of hydrogen-bond acceptors (Lipinski definition) is 6. The van der Waals surface area contributed by atoms with Crippen molar-refractivity contribution in [1.82, 2.24) is 4.98 Å². The molecule has 0 radical (unpaired) electrons. The fourth-order valence-corrected chi connectivity index (χ4v) is 4.99. The average Bonchev–Trinajstić information content (AvgIpc) is 2.83. The van der Waals surface area contributed by atoms with Crippen LogP contribution in [0.25, 0.3) is 16.0 Å². The maximum Gasteiger partial charge on any atom is 0.417 e. The zero-order valence-corrected chi connectivity index (χ0v) is 18.5. The monoisotopic (exact) mass is 488 g/mol. The van der Waals surface area contributed by atoms with Crippen LogP contribution >= 0.6 is 0 Å². The third kappa shape index (κ3) is 4.69. The Morgan fingerprint density at radius 2 is 1.71 bits per heavy atom. The van der Waals surface area contributed by atoms with Gasteiger partial charge in [-0.05, 0) is 29.8 Å². The van der Waals surface area contributed by atoms with Crippen molar-refractivity contribution in [3.8, 4) is 11.1 Å². The lowest BCUT2D eigenvalue weighted by molar-refractivity contribution is -0.137. The van der Waals surface area contributed by atoms with E-state index in [-0.39, 0.29) is 32.4 Å². The van der Waals surface area contributed by atoms with Gasteiger partial charge in [0.05, 0.1) is 35.1 Å². The lowest BCUT2D eigenvalue weighted by Crippen LogP contribution is -2.36. The third-order valence-electron chi connectivity index (χ3n) is 5.40. The molecule has 7 nitrogen and oxygen atoms in total. The maximum absolute atomic E-state index is 13.8. The molecule has 0 amide bonds. The van der Waals surface area contributed by atoms with Crippen LogP contribution in [-0.2, 0) is 20.8 Å². The Morgan fingerprint density at radius 1 is 1.03 bits per heavy atom. The zero-order valence-electron chi connectivity index (χ0n) is 17.7. The highest BCUT2D eigenvalue weighted by atomic mass is 32.2. The number of nitrogen functional groups attached to an aromatic ring is 1. The number of nitrogens with two attached hydrogens (primary N) is 1. The van der Waals surface area contributed by atoms with Crippen LogP contribution in [0, 0.1) is 6.57 Å². The summed E-state index contributed by atoms with van der Waals surface area (Å²) in [6.07, 6.45) is -3.73. The van der Waals surface area contributed by atoms with Crippen LogP contribution in [0.4, 0.5) is 30.4 Å². The van der Waals surface area contributed by atoms with Crippen molar-refractivity contribution in [2.75, 3.05) is 36.9 Å². The first-order valence-corrected chi connectivity index (χ1v) is 11.6. The van der Waals surface area contributed by atoms with Gasteiger partial charge in [-0.15, -0.1) is 0 Å². The van der Waals surface area contributed by atoms with Crippen LogP contribution in [0.1, 0.15) is 5.56 Å². The van der Waals surface area contributed by atoms with Crippen molar-refractivity contribution in [3.63, 3.8) is 0 Å². The van der Waals surface area contributed by atoms with Crippen molar-refractivity contribution in [1.29, 1.82) is 0 Å². The summed E-state index contributed by atoms with van der Waals surface area (Å²) in [5, 5.41) is 0. The Hall–Kier alpha value is -3.62. The van der Waals surface area contributed by atoms with Gasteiger partial charge in [-0.2, -0.15) is 13.2 Å². The van der Waals surface area contributed by atoms with Gasteiger partial charge in [0.2, 0.25) is 9.84 Å². The summed E-state index contributed by atoms with van der Waals surface area (Å²) in [6, 6.07) is 10.2. The summed E-state index contributed by atoms with van der Waals surface area (Å²) in [5.41, 5.74) is 4.96. The molecular weight excluding hydrogens is 469 g/mol. The van der Waals surface area contributed by atoms with Gasteiger partial charge in [0.25, 0.3) is 0 Å². The number of hydrogen-bond donors (Lipinski definition) is 1. The molecule has 0 saturated carbocycles. The number of benzene rings is 2. The normalized spacial score (nSPS) is 14.6. The number of aromatic nitrogens is 1. The first kappa shape index (κ1) is 23.5. The molecule has 0 atom stereocenters. The molecule has 0 aliphatic carbocycles. The Morgan fingerprint density at radius 3 is 2.32 bits per heavy atom. The Kier molecular flexibility index (Phi) is 6.20. The predicted molar refractivity (Wildman–Crippen MR) is 120 cm³/mol. The van der Waals surface area contributed by atoms with Crippen molar-refractivity contribution in [2.45, 2.75) is 16.0 Å². The van der Waals surface area contributed by atoms with Gasteiger partial charge < -0.3 is 15.4 Å². The number of anilines is 2. The van der Waals surface area contributed by atoms with Gasteiger partial charge in [-0.25, -0.2) is 18.2 Å². The summed E-state index contributed by atoms with van der Waals surface area (Å²) in [6.45, 7) is 8.75. The maximum atomic E-state index is 13.8. The van der Waals surface area contributed by atoms with E-state index in [1.54, 1.807) is 0 Å². The number of sulfone groups is 1. The molecule has 1 fully saturated rings. The summed E-state index contributed by atoms with van der Waals surface area (Å²) >= 11 is 0. The molecule has 0 bridgehead atoms. The molecule has 4 rings (SSSR count). The molecule has 176 valence electrons. The van der Waals surface area contributed by atoms with Gasteiger partial charge in [0, 0.05) is 30.5 Å². The number of pyridine rings is 1. The van der Waals surface area contributed by atoms with Gasteiger partial charge in [-0.3, -0.25) is 0 Å². The van der Waals surface area contributed by atoms with Gasteiger partial charge in [0.1, 0.15) is 5.82 Å². The van der Waals surface area contributed by atoms with E-state index < -0.39 is 21.6 Å². The second-order valence-corrected chi connectivity index (χ2v) is 9.53. The summed E-state index contributed by atoms with van der Waals surface area (Å²) in [5.74, 6) is -0.298. The molecule has 11 heteroatoms. The standard InChI is InChI=1S/C23H19F3N4O3S/c1-28-16-2-4-18(5-3-16)34(31,32)19-11-15(10-17(12-19)30-6-8-33-9-7-30)20-14-29-22(27)13-21(20)23(24,25)26/h2-5,10-14H,6-9H2,(H2,27,29). The molecule has 2 aromatic carbocycles. The Balaban J connectivity index is 1.92. The van der Waals surface area contributed by atoms with E-state index in [4.69, 9.17) is 17.0 Å². The minimum atomic E-state index is -4.73. The van der Waals surface area contributed by atoms with E-state index in [1.807, 2.05) is 4.90 Å². The highest BCUT2D eigenvalue weighted by Gasteiger charge is 2.35. The number of morpholine rings is 1. The third-order valence-corrected chi connectivity index (χ3v) is 7.14. The van der Waals surface area contributed by atoms with Crippen LogP contribution in [0.3, 0.4) is 0 Å². The van der Waals surface area contributed by atoms with Crippen molar-refractivity contribution < 1.29 is 26.3 Å². The van der Waals surface area contributed by atoms with Gasteiger partial charge in [-0.1, -0.05) is 24.3 Å². The van der Waals surface area contributed by atoms with Crippen molar-refractivity contribution >= 4 is 27.0 Å². The molecule has 2 heterocycles. The lowest BCUT2D eigenvalue weighted by atomic mass is 10.0. The smallest absolute Gasteiger partial charge is 0.384 e. The van der Waals surface area contributed by atoms with Crippen LogP contribution in [0.5, 0.6) is 0 Å². The van der Waals surface area contributed by atoms with Crippen LogP contribution in [0.15, 0.2) is 64.5 Å². The molecule has 1 aliphatic heterocycles. The topological polar surface area (TPSA) is 89.9 Å². The molecule has 0 spiro atoms. The predicted octanol–water partition coefficient (Wildman–Crippen LogP) is 4.57. The summed E-state index contributed by atoms with van der Waals surface area (Å²) < 4.78 is 73.5. The fourth-order valence-electron chi connectivity index (χ4n) is 3.67. The Bertz CT molecular complexity index is 1360. The number of nitrogens with zero attached hydrogens (tertiary/aromatic N) is 3. The van der Waals surface area contributed by atoms with Gasteiger partial charge >= 0.3 is 6.18 Å². The minimum Gasteiger partial charge on any atom is -0.384 e. The van der Waals surface area contributed by atoms with E-state index in [0.29, 0.717) is 32.0 Å². The highest BCUT2D eigenvalue weighted by Crippen LogP contribution is 2.40. The van der Waals surface area contributed by atoms with Gasteiger partial charge in [0.15, 0.2) is 5.69 Å². The number of rotatable bonds is 4. The number of halogens is 3. The molecule has 2 N–H and O–H groups in total. The lowest BCUT2D eigenvalue weighted by Gasteiger charge is -2.29. The SMILES string of the molecule is [C-]#[N+]c1ccc(S(=O)(=O)c2cc(-c3cnc(N)cc3C(F)(F)F)cc(N3CCOCC3)c2)cc1. The molecule has 34 heavy (non-hydrogen) atoms. The first-order valence-electron chi connectivity index (χ1n) is 10.1. The Labute approximate surface area is 194 Å². The highest BCUT2D eigenvalue weighted by molar-refractivity contribution is 7.91. The second kappa shape index (κ2) is 8.96. The summed E-state index contributed by atoms with van der Waals surface area (Å²) in [7, 11) is -4.10. The van der Waals surface area contributed by atoms with Crippen LogP contribution in [0.2, 0.25) is 0 Å². The first-order chi connectivity index (χ1) is 16.1. The summed E-state index contributed by atoms with van der Waals surface area (Å²) in [4.78, 5) is 8.66. The largest absolute Gasteiger partial charge is 0.417 e. The van der Waals surface area contributed by atoms with E-state index in [2.05, 4.69) is 9.83 Å². The second-order valence-electron chi connectivity index (χ2n) is 7.58. The van der Waals surface area contributed by atoms with E-state index in [1.165, 1.54) is 42.5 Å². The fraction of sp³-hybridized carbons (Fsp3) is 0.217. The van der Waals surface area contributed by atoms with E-state index >= 15 is 0 Å². The average molecular weight is 488 g/mol. The molecular formula is C23H19F3N4O3S. The number of alkyl halides is 3. The van der Waals surface area contributed by atoms with E-state index in [0.717, 1.165) is 12.3 Å². The quantitative estimate of drug-likeness (QED) is 0.541.